The number of aryl methyl sites for hydroxylation is 1. The summed E-state index contributed by atoms with van der Waals surface area (Å²) in [7, 11) is 0. The fraction of sp³-hybridized carbons (Fsp3) is 0.412. The highest BCUT2D eigenvalue weighted by molar-refractivity contribution is 6.04. The first-order valence-corrected chi connectivity index (χ1v) is 8.03. The van der Waals surface area contributed by atoms with Crippen molar-refractivity contribution in [3.8, 4) is 0 Å². The molecule has 3 rings (SSSR count). The van der Waals surface area contributed by atoms with E-state index >= 15 is 0 Å². The second-order valence-corrected chi connectivity index (χ2v) is 6.21. The molecule has 0 radical (unpaired) electrons. The van der Waals surface area contributed by atoms with E-state index in [1.165, 1.54) is 12.3 Å². The topological polar surface area (TPSA) is 88.3 Å². The van der Waals surface area contributed by atoms with Gasteiger partial charge in [-0.1, -0.05) is 12.1 Å². The highest BCUT2D eigenvalue weighted by atomic mass is 16.5. The smallest absolute Gasteiger partial charge is 0.275 e. The summed E-state index contributed by atoms with van der Waals surface area (Å²) in [6, 6.07) is 4.77. The molecule has 2 aromatic rings. The number of amides is 2. The largest absolute Gasteiger partial charge is 0.360 e. The minimum absolute atomic E-state index is 0.0599. The SMILES string of the molecule is Cc1cc(NC(=O)c2cc(C(=O)N3CCCC(C)C3)ccn2)no1. The van der Waals surface area contributed by atoms with Crippen LogP contribution in [0.3, 0.4) is 0 Å². The Morgan fingerprint density at radius 2 is 2.21 bits per heavy atom. The summed E-state index contributed by atoms with van der Waals surface area (Å²) in [6.45, 7) is 5.39. The molecule has 1 N–H and O–H groups in total. The Balaban J connectivity index is 1.73. The van der Waals surface area contributed by atoms with Crippen LogP contribution < -0.4 is 5.32 Å². The van der Waals surface area contributed by atoms with E-state index in [1.54, 1.807) is 19.1 Å². The van der Waals surface area contributed by atoms with E-state index in [9.17, 15) is 9.59 Å². The maximum absolute atomic E-state index is 12.6. The predicted octanol–water partition coefficient (Wildman–Crippen LogP) is 2.50. The summed E-state index contributed by atoms with van der Waals surface area (Å²) in [5, 5.41) is 6.31. The van der Waals surface area contributed by atoms with Crippen LogP contribution in [0, 0.1) is 12.8 Å². The van der Waals surface area contributed by atoms with Crippen molar-refractivity contribution in [2.24, 2.45) is 5.92 Å². The van der Waals surface area contributed by atoms with Gasteiger partial charge in [-0.2, -0.15) is 0 Å². The van der Waals surface area contributed by atoms with E-state index in [4.69, 9.17) is 4.52 Å². The lowest BCUT2D eigenvalue weighted by Crippen LogP contribution is -2.39. The summed E-state index contributed by atoms with van der Waals surface area (Å²) in [6.07, 6.45) is 3.63. The van der Waals surface area contributed by atoms with Crippen LogP contribution in [0.25, 0.3) is 0 Å². The van der Waals surface area contributed by atoms with Gasteiger partial charge in [-0.15, -0.1) is 0 Å². The van der Waals surface area contributed by atoms with Gasteiger partial charge in [0.25, 0.3) is 11.8 Å². The van der Waals surface area contributed by atoms with E-state index in [2.05, 4.69) is 22.4 Å². The standard InChI is InChI=1S/C17H20N4O3/c1-11-4-3-7-21(10-11)17(23)13-5-6-18-14(9-13)16(22)19-15-8-12(2)24-20-15/h5-6,8-9,11H,3-4,7,10H2,1-2H3,(H,19,20,22). The van der Waals surface area contributed by atoms with Crippen molar-refractivity contribution in [2.75, 3.05) is 18.4 Å². The molecule has 7 nitrogen and oxygen atoms in total. The zero-order valence-corrected chi connectivity index (χ0v) is 13.8. The van der Waals surface area contributed by atoms with Crippen LogP contribution in [0.2, 0.25) is 0 Å². The lowest BCUT2D eigenvalue weighted by Gasteiger charge is -2.31. The van der Waals surface area contributed by atoms with E-state index in [-0.39, 0.29) is 11.6 Å². The van der Waals surface area contributed by atoms with Gasteiger partial charge in [-0.3, -0.25) is 14.6 Å². The fourth-order valence-corrected chi connectivity index (χ4v) is 2.85. The van der Waals surface area contributed by atoms with Gasteiger partial charge in [0.15, 0.2) is 5.82 Å². The molecule has 126 valence electrons. The second kappa shape index (κ2) is 6.82. The van der Waals surface area contributed by atoms with Crippen molar-refractivity contribution >= 4 is 17.6 Å². The lowest BCUT2D eigenvalue weighted by molar-refractivity contribution is 0.0683. The number of pyridine rings is 1. The Kier molecular flexibility index (Phi) is 4.59. The molecule has 1 aliphatic heterocycles. The Morgan fingerprint density at radius 1 is 1.38 bits per heavy atom. The van der Waals surface area contributed by atoms with Crippen LogP contribution >= 0.6 is 0 Å². The maximum atomic E-state index is 12.6. The molecule has 24 heavy (non-hydrogen) atoms. The molecule has 1 unspecified atom stereocenters. The summed E-state index contributed by atoms with van der Waals surface area (Å²) < 4.78 is 4.91. The molecule has 0 saturated carbocycles. The van der Waals surface area contributed by atoms with Gasteiger partial charge in [-0.25, -0.2) is 0 Å². The molecule has 1 saturated heterocycles. The first-order chi connectivity index (χ1) is 11.5. The lowest BCUT2D eigenvalue weighted by atomic mass is 9.99. The van der Waals surface area contributed by atoms with Crippen LogP contribution in [-0.4, -0.2) is 39.9 Å². The van der Waals surface area contributed by atoms with Crippen molar-refractivity contribution in [1.29, 1.82) is 0 Å². The predicted molar refractivity (Wildman–Crippen MR) is 87.7 cm³/mol. The Bertz CT molecular complexity index is 756. The van der Waals surface area contributed by atoms with Gasteiger partial charge in [0.05, 0.1) is 0 Å². The average Bonchev–Trinajstić information content (AvgIpc) is 2.99. The molecule has 1 atom stereocenters. The summed E-state index contributed by atoms with van der Waals surface area (Å²) >= 11 is 0. The van der Waals surface area contributed by atoms with E-state index < -0.39 is 5.91 Å². The van der Waals surface area contributed by atoms with Crippen molar-refractivity contribution in [2.45, 2.75) is 26.7 Å². The third-order valence-corrected chi connectivity index (χ3v) is 4.05. The monoisotopic (exact) mass is 328 g/mol. The van der Waals surface area contributed by atoms with E-state index in [1.807, 2.05) is 4.90 Å². The van der Waals surface area contributed by atoms with Gasteiger partial charge in [-0.05, 0) is 37.8 Å². The average molecular weight is 328 g/mol. The number of likely N-dealkylation sites (tertiary alicyclic amines) is 1. The summed E-state index contributed by atoms with van der Waals surface area (Å²) in [5.41, 5.74) is 0.646. The Labute approximate surface area is 140 Å². The zero-order chi connectivity index (χ0) is 17.1. The number of carbonyl (C=O) groups is 2. The first-order valence-electron chi connectivity index (χ1n) is 8.03. The minimum atomic E-state index is -0.426. The van der Waals surface area contributed by atoms with E-state index in [0.29, 0.717) is 23.1 Å². The second-order valence-electron chi connectivity index (χ2n) is 6.21. The highest BCUT2D eigenvalue weighted by Crippen LogP contribution is 2.18. The number of nitrogens with zero attached hydrogens (tertiary/aromatic N) is 3. The van der Waals surface area contributed by atoms with Gasteiger partial charge < -0.3 is 14.7 Å². The molecule has 0 bridgehead atoms. The zero-order valence-electron chi connectivity index (χ0n) is 13.8. The number of aromatic nitrogens is 2. The molecule has 1 aliphatic rings. The Hall–Kier alpha value is -2.70. The highest BCUT2D eigenvalue weighted by Gasteiger charge is 2.23. The fourth-order valence-electron chi connectivity index (χ4n) is 2.85. The van der Waals surface area contributed by atoms with Crippen LogP contribution in [0.4, 0.5) is 5.82 Å². The first kappa shape index (κ1) is 16.2. The summed E-state index contributed by atoms with van der Waals surface area (Å²) in [4.78, 5) is 30.8. The molecule has 7 heteroatoms. The van der Waals surface area contributed by atoms with Crippen LogP contribution in [-0.2, 0) is 0 Å². The third kappa shape index (κ3) is 3.61. The summed E-state index contributed by atoms with van der Waals surface area (Å²) in [5.74, 6) is 0.935. The van der Waals surface area contributed by atoms with Gasteiger partial charge in [0.2, 0.25) is 0 Å². The molecule has 0 aromatic carbocycles. The number of carbonyl (C=O) groups excluding carboxylic acids is 2. The van der Waals surface area contributed by atoms with Crippen molar-refractivity contribution < 1.29 is 14.1 Å². The van der Waals surface area contributed by atoms with Crippen molar-refractivity contribution in [3.05, 3.63) is 41.4 Å². The van der Waals surface area contributed by atoms with Crippen molar-refractivity contribution in [3.63, 3.8) is 0 Å². The molecule has 3 heterocycles. The molecule has 0 aliphatic carbocycles. The molecular weight excluding hydrogens is 308 g/mol. The molecular formula is C17H20N4O3. The number of hydrogen-bond acceptors (Lipinski definition) is 5. The van der Waals surface area contributed by atoms with E-state index in [0.717, 1.165) is 25.9 Å². The molecule has 1 fully saturated rings. The third-order valence-electron chi connectivity index (χ3n) is 4.05. The quantitative estimate of drug-likeness (QED) is 0.935. The maximum Gasteiger partial charge on any atom is 0.275 e. The van der Waals surface area contributed by atoms with Gasteiger partial charge in [0, 0.05) is 30.9 Å². The number of hydrogen-bond donors (Lipinski definition) is 1. The van der Waals surface area contributed by atoms with Crippen LogP contribution in [0.5, 0.6) is 0 Å². The molecule has 2 aromatic heterocycles. The Morgan fingerprint density at radius 3 is 2.92 bits per heavy atom. The van der Waals surface area contributed by atoms with Gasteiger partial charge >= 0.3 is 0 Å². The van der Waals surface area contributed by atoms with Gasteiger partial charge in [0.1, 0.15) is 11.5 Å². The normalized spacial score (nSPS) is 17.6. The molecule has 2 amide bonds. The number of piperidine rings is 1. The number of nitrogens with one attached hydrogen (secondary N) is 1. The number of rotatable bonds is 3. The number of anilines is 1. The van der Waals surface area contributed by atoms with Crippen molar-refractivity contribution in [1.82, 2.24) is 15.0 Å². The van der Waals surface area contributed by atoms with Crippen LogP contribution in [0.1, 0.15) is 46.4 Å². The molecule has 0 spiro atoms. The van der Waals surface area contributed by atoms with Crippen LogP contribution in [0.15, 0.2) is 28.9 Å². The minimum Gasteiger partial charge on any atom is -0.360 e.